The topological polar surface area (TPSA) is 59.9 Å². The summed E-state index contributed by atoms with van der Waals surface area (Å²) in [6.07, 6.45) is 3.75. The van der Waals surface area contributed by atoms with Gasteiger partial charge in [0.2, 0.25) is 0 Å². The van der Waals surface area contributed by atoms with Crippen LogP contribution in [0.25, 0.3) is 10.8 Å². The first-order valence-corrected chi connectivity index (χ1v) is 9.89. The largest absolute Gasteiger partial charge is 0.493 e. The lowest BCUT2D eigenvalue weighted by Gasteiger charge is -2.10. The first kappa shape index (κ1) is 20.4. The summed E-state index contributed by atoms with van der Waals surface area (Å²) in [7, 11) is 0. The molecule has 0 spiro atoms. The van der Waals surface area contributed by atoms with Gasteiger partial charge in [-0.05, 0) is 47.9 Å². The van der Waals surface area contributed by atoms with E-state index in [4.69, 9.17) is 9.47 Å². The number of rotatable bonds is 9. The highest BCUT2D eigenvalue weighted by molar-refractivity contribution is 6.02. The van der Waals surface area contributed by atoms with Crippen LogP contribution in [-0.2, 0) is 11.2 Å². The number of hydrazone groups is 1. The Hall–Kier alpha value is -3.34. The molecule has 0 unspecified atom stereocenters. The Balaban J connectivity index is 1.62. The fourth-order valence-electron chi connectivity index (χ4n) is 3.08. The van der Waals surface area contributed by atoms with Gasteiger partial charge < -0.3 is 9.47 Å². The molecule has 5 heteroatoms. The molecule has 29 heavy (non-hydrogen) atoms. The lowest BCUT2D eigenvalue weighted by molar-refractivity contribution is -0.123. The maximum Gasteiger partial charge on any atom is 0.277 e. The standard InChI is InChI=1S/C24H26N2O3/c1-3-7-18-10-13-20(14-11-18)29-17-24(27)26-25-16-22-21-9-6-5-8-19(21)12-15-23(22)28-4-2/h5-6,8-16H,3-4,7,17H2,1-2H3,(H,26,27)/b25-16+. The quantitative estimate of drug-likeness (QED) is 0.425. The molecule has 0 atom stereocenters. The minimum Gasteiger partial charge on any atom is -0.493 e. The Morgan fingerprint density at radius 3 is 2.55 bits per heavy atom. The van der Waals surface area contributed by atoms with E-state index in [1.807, 2.05) is 67.6 Å². The third-order valence-corrected chi connectivity index (χ3v) is 4.45. The Labute approximate surface area is 171 Å². The number of hydrogen-bond donors (Lipinski definition) is 1. The molecule has 0 saturated carbocycles. The van der Waals surface area contributed by atoms with Crippen LogP contribution in [0.4, 0.5) is 0 Å². The zero-order chi connectivity index (χ0) is 20.5. The van der Waals surface area contributed by atoms with Crippen LogP contribution in [0.15, 0.2) is 65.8 Å². The molecule has 0 bridgehead atoms. The zero-order valence-corrected chi connectivity index (χ0v) is 16.9. The number of amides is 1. The number of hydrogen-bond acceptors (Lipinski definition) is 4. The van der Waals surface area contributed by atoms with Crippen LogP contribution in [0.3, 0.4) is 0 Å². The van der Waals surface area contributed by atoms with E-state index in [9.17, 15) is 4.79 Å². The Bertz CT molecular complexity index is 981. The molecule has 1 N–H and O–H groups in total. The van der Waals surface area contributed by atoms with Gasteiger partial charge >= 0.3 is 0 Å². The first-order chi connectivity index (χ1) is 14.2. The zero-order valence-electron chi connectivity index (χ0n) is 16.9. The molecule has 0 heterocycles. The molecule has 5 nitrogen and oxygen atoms in total. The molecule has 0 fully saturated rings. The van der Waals surface area contributed by atoms with Crippen molar-refractivity contribution in [2.75, 3.05) is 13.2 Å². The van der Waals surface area contributed by atoms with Gasteiger partial charge in [-0.15, -0.1) is 0 Å². The van der Waals surface area contributed by atoms with Gasteiger partial charge in [0, 0.05) is 5.56 Å². The first-order valence-electron chi connectivity index (χ1n) is 9.89. The number of nitrogens with zero attached hydrogens (tertiary/aromatic N) is 1. The average Bonchev–Trinajstić information content (AvgIpc) is 2.75. The molecule has 150 valence electrons. The van der Waals surface area contributed by atoms with Crippen molar-refractivity contribution < 1.29 is 14.3 Å². The second kappa shape index (κ2) is 10.3. The van der Waals surface area contributed by atoms with E-state index in [1.165, 1.54) is 5.56 Å². The van der Waals surface area contributed by atoms with Gasteiger partial charge in [-0.25, -0.2) is 5.43 Å². The summed E-state index contributed by atoms with van der Waals surface area (Å²) in [5.74, 6) is 1.07. The van der Waals surface area contributed by atoms with Crippen molar-refractivity contribution in [1.82, 2.24) is 5.43 Å². The van der Waals surface area contributed by atoms with E-state index in [0.29, 0.717) is 12.4 Å². The molecule has 0 aliphatic carbocycles. The summed E-state index contributed by atoms with van der Waals surface area (Å²) in [6.45, 7) is 4.53. The lowest BCUT2D eigenvalue weighted by Crippen LogP contribution is -2.24. The summed E-state index contributed by atoms with van der Waals surface area (Å²) in [4.78, 5) is 12.1. The van der Waals surface area contributed by atoms with Gasteiger partial charge in [0.05, 0.1) is 12.8 Å². The Morgan fingerprint density at radius 2 is 1.79 bits per heavy atom. The number of benzene rings is 3. The molecular formula is C24H26N2O3. The highest BCUT2D eigenvalue weighted by Gasteiger charge is 2.07. The summed E-state index contributed by atoms with van der Waals surface area (Å²) < 4.78 is 11.2. The van der Waals surface area contributed by atoms with E-state index in [0.717, 1.165) is 34.9 Å². The predicted octanol–water partition coefficient (Wildman–Crippen LogP) is 4.72. The third-order valence-electron chi connectivity index (χ3n) is 4.45. The number of aryl methyl sites for hydroxylation is 1. The molecule has 3 rings (SSSR count). The Morgan fingerprint density at radius 1 is 1.00 bits per heavy atom. The van der Waals surface area contributed by atoms with Gasteiger partial charge in [-0.1, -0.05) is 55.8 Å². The van der Waals surface area contributed by atoms with Crippen LogP contribution in [0, 0.1) is 0 Å². The molecule has 0 aromatic heterocycles. The van der Waals surface area contributed by atoms with E-state index < -0.39 is 0 Å². The highest BCUT2D eigenvalue weighted by atomic mass is 16.5. The second-order valence-corrected chi connectivity index (χ2v) is 6.61. The van der Waals surface area contributed by atoms with Crippen LogP contribution in [0.2, 0.25) is 0 Å². The number of nitrogens with one attached hydrogen (secondary N) is 1. The van der Waals surface area contributed by atoms with Crippen LogP contribution < -0.4 is 14.9 Å². The smallest absolute Gasteiger partial charge is 0.277 e. The average molecular weight is 390 g/mol. The maximum atomic E-state index is 12.1. The Kier molecular flexibility index (Phi) is 7.22. The van der Waals surface area contributed by atoms with Gasteiger partial charge in [0.1, 0.15) is 11.5 Å². The van der Waals surface area contributed by atoms with E-state index in [2.05, 4.69) is 17.5 Å². The summed E-state index contributed by atoms with van der Waals surface area (Å²) in [6, 6.07) is 19.7. The number of fused-ring (bicyclic) bond motifs is 1. The number of carbonyl (C=O) groups is 1. The van der Waals surface area contributed by atoms with Crippen molar-refractivity contribution in [3.05, 3.63) is 71.8 Å². The van der Waals surface area contributed by atoms with E-state index >= 15 is 0 Å². The molecule has 3 aromatic rings. The van der Waals surface area contributed by atoms with Crippen LogP contribution in [0.5, 0.6) is 11.5 Å². The SMILES string of the molecule is CCCc1ccc(OCC(=O)N/N=C/c2c(OCC)ccc3ccccc23)cc1. The molecule has 3 aromatic carbocycles. The fourth-order valence-corrected chi connectivity index (χ4v) is 3.08. The maximum absolute atomic E-state index is 12.1. The van der Waals surface area contributed by atoms with Crippen molar-refractivity contribution in [1.29, 1.82) is 0 Å². The van der Waals surface area contributed by atoms with Gasteiger partial charge in [0.25, 0.3) is 5.91 Å². The van der Waals surface area contributed by atoms with Gasteiger partial charge in [0.15, 0.2) is 6.61 Å². The molecule has 0 radical (unpaired) electrons. The highest BCUT2D eigenvalue weighted by Crippen LogP contribution is 2.26. The minimum atomic E-state index is -0.322. The minimum absolute atomic E-state index is 0.0989. The van der Waals surface area contributed by atoms with Crippen molar-refractivity contribution >= 4 is 22.9 Å². The van der Waals surface area contributed by atoms with Crippen LogP contribution >= 0.6 is 0 Å². The van der Waals surface area contributed by atoms with Gasteiger partial charge in [-0.3, -0.25) is 4.79 Å². The van der Waals surface area contributed by atoms with Crippen molar-refractivity contribution in [3.63, 3.8) is 0 Å². The molecule has 0 aliphatic rings. The number of ether oxygens (including phenoxy) is 2. The number of carbonyl (C=O) groups excluding carboxylic acids is 1. The normalized spacial score (nSPS) is 11.0. The van der Waals surface area contributed by atoms with Crippen molar-refractivity contribution in [2.45, 2.75) is 26.7 Å². The van der Waals surface area contributed by atoms with Gasteiger partial charge in [-0.2, -0.15) is 5.10 Å². The van der Waals surface area contributed by atoms with Crippen LogP contribution in [-0.4, -0.2) is 25.3 Å². The van der Waals surface area contributed by atoms with Crippen molar-refractivity contribution in [3.8, 4) is 11.5 Å². The monoisotopic (exact) mass is 390 g/mol. The second-order valence-electron chi connectivity index (χ2n) is 6.61. The van der Waals surface area contributed by atoms with E-state index in [-0.39, 0.29) is 12.5 Å². The molecule has 0 aliphatic heterocycles. The lowest BCUT2D eigenvalue weighted by atomic mass is 10.0. The molecular weight excluding hydrogens is 364 g/mol. The molecule has 0 saturated heterocycles. The molecule has 1 amide bonds. The summed E-state index contributed by atoms with van der Waals surface area (Å²) >= 11 is 0. The summed E-state index contributed by atoms with van der Waals surface area (Å²) in [5.41, 5.74) is 4.61. The third kappa shape index (κ3) is 5.57. The van der Waals surface area contributed by atoms with Crippen LogP contribution in [0.1, 0.15) is 31.4 Å². The summed E-state index contributed by atoms with van der Waals surface area (Å²) in [5, 5.41) is 6.20. The predicted molar refractivity (Wildman–Crippen MR) is 117 cm³/mol. The van der Waals surface area contributed by atoms with Crippen molar-refractivity contribution in [2.24, 2.45) is 5.10 Å². The fraction of sp³-hybridized carbons (Fsp3) is 0.250. The van der Waals surface area contributed by atoms with E-state index in [1.54, 1.807) is 6.21 Å².